The zero-order valence-electron chi connectivity index (χ0n) is 13.0. The molecular weight excluding hydrogens is 292 g/mol. The lowest BCUT2D eigenvalue weighted by atomic mass is 9.94. The highest BCUT2D eigenvalue weighted by atomic mass is 16.2. The van der Waals surface area contributed by atoms with Crippen LogP contribution in [0.5, 0.6) is 0 Å². The number of imide groups is 1. The van der Waals surface area contributed by atoms with Crippen LogP contribution in [0.2, 0.25) is 0 Å². The molecule has 0 fully saturated rings. The van der Waals surface area contributed by atoms with E-state index >= 15 is 0 Å². The van der Waals surface area contributed by atoms with E-state index < -0.39 is 0 Å². The maximum atomic E-state index is 12.6. The fourth-order valence-electron chi connectivity index (χ4n) is 2.97. The molecule has 0 saturated heterocycles. The normalized spacial score (nSPS) is 13.5. The molecule has 1 heterocycles. The molecular formula is C18H18N2O3. The minimum Gasteiger partial charge on any atom is -0.356 e. The van der Waals surface area contributed by atoms with Gasteiger partial charge in [-0.05, 0) is 30.9 Å². The summed E-state index contributed by atoms with van der Waals surface area (Å²) in [5, 5.41) is 4.33. The quantitative estimate of drug-likeness (QED) is 0.862. The molecule has 1 aliphatic rings. The third-order valence-corrected chi connectivity index (χ3v) is 4.02. The van der Waals surface area contributed by atoms with E-state index in [4.69, 9.17) is 0 Å². The van der Waals surface area contributed by atoms with Gasteiger partial charge in [-0.3, -0.25) is 19.3 Å². The highest BCUT2D eigenvalue weighted by Gasteiger charge is 2.32. The lowest BCUT2D eigenvalue weighted by molar-refractivity contribution is -0.121. The van der Waals surface area contributed by atoms with Gasteiger partial charge in [-0.25, -0.2) is 0 Å². The smallest absolute Gasteiger partial charge is 0.261 e. The molecule has 3 amide bonds. The van der Waals surface area contributed by atoms with Crippen molar-refractivity contribution >= 4 is 28.5 Å². The fraction of sp³-hybridized carbons (Fsp3) is 0.278. The molecule has 0 radical (unpaired) electrons. The molecule has 3 rings (SSSR count). The van der Waals surface area contributed by atoms with Crippen molar-refractivity contribution < 1.29 is 14.4 Å². The van der Waals surface area contributed by atoms with Gasteiger partial charge in [-0.15, -0.1) is 0 Å². The van der Waals surface area contributed by atoms with Crippen molar-refractivity contribution in [2.45, 2.75) is 19.8 Å². The minimum absolute atomic E-state index is 0.0630. The highest BCUT2D eigenvalue weighted by Crippen LogP contribution is 2.29. The summed E-state index contributed by atoms with van der Waals surface area (Å²) in [4.78, 5) is 38.0. The Balaban J connectivity index is 1.84. The summed E-state index contributed by atoms with van der Waals surface area (Å²) in [5.74, 6) is -0.627. The number of hydrogen-bond acceptors (Lipinski definition) is 3. The molecule has 1 aliphatic heterocycles. The van der Waals surface area contributed by atoms with Crippen LogP contribution in [0.25, 0.3) is 10.8 Å². The Morgan fingerprint density at radius 1 is 1.04 bits per heavy atom. The number of benzene rings is 2. The van der Waals surface area contributed by atoms with Crippen LogP contribution in [0.4, 0.5) is 0 Å². The van der Waals surface area contributed by atoms with Crippen molar-refractivity contribution in [2.24, 2.45) is 0 Å². The van der Waals surface area contributed by atoms with Crippen LogP contribution >= 0.6 is 0 Å². The number of carbonyl (C=O) groups is 3. The Bertz CT molecular complexity index is 747. The Morgan fingerprint density at radius 2 is 1.65 bits per heavy atom. The summed E-state index contributed by atoms with van der Waals surface area (Å²) < 4.78 is 0. The van der Waals surface area contributed by atoms with E-state index in [0.29, 0.717) is 30.5 Å². The second-order valence-electron chi connectivity index (χ2n) is 5.53. The van der Waals surface area contributed by atoms with Crippen molar-refractivity contribution in [3.63, 3.8) is 0 Å². The number of hydrogen-bond donors (Lipinski definition) is 1. The first kappa shape index (κ1) is 15.2. The second-order valence-corrected chi connectivity index (χ2v) is 5.53. The highest BCUT2D eigenvalue weighted by molar-refractivity contribution is 6.25. The van der Waals surface area contributed by atoms with Gasteiger partial charge in [0.05, 0.1) is 0 Å². The number of nitrogens with one attached hydrogen (secondary N) is 1. The topological polar surface area (TPSA) is 66.5 Å². The second kappa shape index (κ2) is 6.20. The first-order valence-electron chi connectivity index (χ1n) is 7.78. The number of amides is 3. The van der Waals surface area contributed by atoms with Crippen LogP contribution in [0.1, 0.15) is 40.5 Å². The molecule has 0 aromatic heterocycles. The van der Waals surface area contributed by atoms with Crippen LogP contribution in [-0.4, -0.2) is 35.7 Å². The van der Waals surface area contributed by atoms with Gasteiger partial charge in [-0.1, -0.05) is 24.3 Å². The fourth-order valence-corrected chi connectivity index (χ4v) is 2.97. The van der Waals surface area contributed by atoms with E-state index in [1.54, 1.807) is 12.1 Å². The van der Waals surface area contributed by atoms with Crippen molar-refractivity contribution in [1.82, 2.24) is 10.2 Å². The van der Waals surface area contributed by atoms with Crippen LogP contribution in [0, 0.1) is 0 Å². The predicted molar refractivity (Wildman–Crippen MR) is 87.2 cm³/mol. The minimum atomic E-state index is -0.282. The Hall–Kier alpha value is -2.69. The van der Waals surface area contributed by atoms with Gasteiger partial charge in [0.25, 0.3) is 11.8 Å². The molecule has 118 valence electrons. The van der Waals surface area contributed by atoms with Crippen molar-refractivity contribution in [3.05, 3.63) is 47.5 Å². The van der Waals surface area contributed by atoms with Crippen molar-refractivity contribution in [3.8, 4) is 0 Å². The van der Waals surface area contributed by atoms with Gasteiger partial charge in [0, 0.05) is 36.0 Å². The van der Waals surface area contributed by atoms with Gasteiger partial charge in [-0.2, -0.15) is 0 Å². The molecule has 0 unspecified atom stereocenters. The summed E-state index contributed by atoms with van der Waals surface area (Å²) in [5.41, 5.74) is 1.10. The summed E-state index contributed by atoms with van der Waals surface area (Å²) >= 11 is 0. The Labute approximate surface area is 134 Å². The molecule has 5 nitrogen and oxygen atoms in total. The molecule has 23 heavy (non-hydrogen) atoms. The number of rotatable bonds is 5. The standard InChI is InChI=1S/C18H18N2O3/c1-2-19-15(21)10-5-11-20-17(22)13-8-3-6-12-7-4-9-14(16(12)13)18(20)23/h3-4,6-9H,2,5,10-11H2,1H3,(H,19,21). The maximum absolute atomic E-state index is 12.6. The van der Waals surface area contributed by atoms with E-state index in [1.165, 1.54) is 4.90 Å². The van der Waals surface area contributed by atoms with Gasteiger partial charge in [0.15, 0.2) is 0 Å². The van der Waals surface area contributed by atoms with Gasteiger partial charge in [0.2, 0.25) is 5.91 Å². The molecule has 0 spiro atoms. The number of nitrogens with zero attached hydrogens (tertiary/aromatic N) is 1. The zero-order valence-corrected chi connectivity index (χ0v) is 13.0. The van der Waals surface area contributed by atoms with E-state index in [2.05, 4.69) is 5.32 Å². The lowest BCUT2D eigenvalue weighted by Gasteiger charge is -2.27. The monoisotopic (exact) mass is 310 g/mol. The summed E-state index contributed by atoms with van der Waals surface area (Å²) in [7, 11) is 0. The van der Waals surface area contributed by atoms with Crippen molar-refractivity contribution in [2.75, 3.05) is 13.1 Å². The molecule has 0 atom stereocenters. The predicted octanol–water partition coefficient (Wildman–Crippen LogP) is 2.35. The lowest BCUT2D eigenvalue weighted by Crippen LogP contribution is -2.41. The molecule has 5 heteroatoms. The molecule has 2 aromatic rings. The molecule has 0 aliphatic carbocycles. The van der Waals surface area contributed by atoms with Crippen LogP contribution in [-0.2, 0) is 4.79 Å². The zero-order chi connectivity index (χ0) is 16.4. The average Bonchev–Trinajstić information content (AvgIpc) is 2.56. The van der Waals surface area contributed by atoms with Crippen molar-refractivity contribution in [1.29, 1.82) is 0 Å². The van der Waals surface area contributed by atoms with Gasteiger partial charge >= 0.3 is 0 Å². The van der Waals surface area contributed by atoms with E-state index in [1.807, 2.05) is 31.2 Å². The van der Waals surface area contributed by atoms with Crippen LogP contribution in [0.3, 0.4) is 0 Å². The molecule has 1 N–H and O–H groups in total. The molecule has 0 bridgehead atoms. The van der Waals surface area contributed by atoms with E-state index in [9.17, 15) is 14.4 Å². The third kappa shape index (κ3) is 2.70. The molecule has 2 aromatic carbocycles. The average molecular weight is 310 g/mol. The summed E-state index contributed by atoms with van der Waals surface area (Å²) in [6.45, 7) is 2.68. The largest absolute Gasteiger partial charge is 0.356 e. The van der Waals surface area contributed by atoms with E-state index in [-0.39, 0.29) is 24.3 Å². The first-order chi connectivity index (χ1) is 11.1. The SMILES string of the molecule is CCNC(=O)CCCN1C(=O)c2cccc3cccc(c23)C1=O. The van der Waals surface area contributed by atoms with E-state index in [0.717, 1.165) is 10.8 Å². The number of carbonyl (C=O) groups excluding carboxylic acids is 3. The maximum Gasteiger partial charge on any atom is 0.261 e. The Kier molecular flexibility index (Phi) is 4.10. The van der Waals surface area contributed by atoms with Gasteiger partial charge < -0.3 is 5.32 Å². The summed E-state index contributed by atoms with van der Waals surface area (Å²) in [6.07, 6.45) is 0.762. The van der Waals surface area contributed by atoms with Gasteiger partial charge in [0.1, 0.15) is 0 Å². The Morgan fingerprint density at radius 3 is 2.22 bits per heavy atom. The summed E-state index contributed by atoms with van der Waals surface area (Å²) in [6, 6.07) is 10.9. The van der Waals surface area contributed by atoms with Crippen LogP contribution in [0.15, 0.2) is 36.4 Å². The first-order valence-corrected chi connectivity index (χ1v) is 7.78. The third-order valence-electron chi connectivity index (χ3n) is 4.02. The van der Waals surface area contributed by atoms with Crippen LogP contribution < -0.4 is 5.32 Å². The molecule has 0 saturated carbocycles.